The molecule has 0 aliphatic carbocycles. The number of aromatic hydroxyl groups is 1. The number of phenols is 1. The van der Waals surface area contributed by atoms with Crippen molar-refractivity contribution in [1.82, 2.24) is 5.43 Å². The fourth-order valence-electron chi connectivity index (χ4n) is 2.88. The smallest absolute Gasteiger partial charge is 0.292 e. The molecule has 6 nitrogen and oxygen atoms in total. The van der Waals surface area contributed by atoms with Crippen LogP contribution in [0.4, 0.5) is 11.4 Å². The molecule has 3 aromatic rings. The van der Waals surface area contributed by atoms with Crippen molar-refractivity contribution in [2.24, 2.45) is 10.8 Å². The molecule has 0 saturated heterocycles. The largest absolute Gasteiger partial charge is 0.507 e. The minimum absolute atomic E-state index is 0.204. The van der Waals surface area contributed by atoms with Gasteiger partial charge in [0, 0.05) is 17.0 Å². The Bertz CT molecular complexity index is 1070. The first-order valence-corrected chi connectivity index (χ1v) is 7.70. The van der Waals surface area contributed by atoms with Crippen LogP contribution in [0.1, 0.15) is 15.9 Å². The Balaban J connectivity index is 1.81. The monoisotopic (exact) mass is 331 g/mol. The molecule has 0 atom stereocenters. The summed E-state index contributed by atoms with van der Waals surface area (Å²) in [5.41, 5.74) is 4.70. The van der Waals surface area contributed by atoms with Crippen LogP contribution in [0.3, 0.4) is 0 Å². The van der Waals surface area contributed by atoms with Crippen LogP contribution in [-0.4, -0.2) is 28.1 Å². The average Bonchev–Trinajstić information content (AvgIpc) is 3.05. The maximum atomic E-state index is 11.7. The van der Waals surface area contributed by atoms with Gasteiger partial charge in [0.2, 0.25) is 5.69 Å². The molecule has 25 heavy (non-hydrogen) atoms. The first-order valence-electron chi connectivity index (χ1n) is 7.70. The van der Waals surface area contributed by atoms with Crippen LogP contribution >= 0.6 is 0 Å². The van der Waals surface area contributed by atoms with Crippen LogP contribution in [0.15, 0.2) is 59.6 Å². The van der Waals surface area contributed by atoms with Crippen LogP contribution in [0, 0.1) is 0 Å². The van der Waals surface area contributed by atoms with Crippen molar-refractivity contribution in [3.63, 3.8) is 0 Å². The van der Waals surface area contributed by atoms with Crippen LogP contribution in [0.25, 0.3) is 10.8 Å². The number of nitrogen functional groups attached to an aromatic ring is 1. The van der Waals surface area contributed by atoms with Gasteiger partial charge in [0.05, 0.1) is 5.56 Å². The van der Waals surface area contributed by atoms with Crippen molar-refractivity contribution in [1.29, 1.82) is 0 Å². The Morgan fingerprint density at radius 3 is 2.84 bits per heavy atom. The predicted octanol–water partition coefficient (Wildman–Crippen LogP) is 2.59. The van der Waals surface area contributed by atoms with Crippen LogP contribution in [0.2, 0.25) is 0 Å². The molecule has 122 valence electrons. The van der Waals surface area contributed by atoms with Gasteiger partial charge in [-0.15, -0.1) is 0 Å². The van der Waals surface area contributed by atoms with Crippen LogP contribution < -0.4 is 11.3 Å². The third kappa shape index (κ3) is 2.54. The molecule has 0 spiro atoms. The number of nitrogens with zero attached hydrogens (tertiary/aromatic N) is 2. The second kappa shape index (κ2) is 5.85. The number of aliphatic imine (C=N–C) groups is 1. The molecular formula is C19H15N4O2+. The van der Waals surface area contributed by atoms with Crippen molar-refractivity contribution in [2.75, 3.05) is 0 Å². The topological polar surface area (TPSA) is 90.7 Å². The van der Waals surface area contributed by atoms with Gasteiger partial charge in [-0.3, -0.25) is 10.2 Å². The summed E-state index contributed by atoms with van der Waals surface area (Å²) in [7, 11) is 0. The van der Waals surface area contributed by atoms with Gasteiger partial charge >= 0.3 is 0 Å². The Morgan fingerprint density at radius 2 is 2.00 bits per heavy atom. The number of amides is 1. The summed E-state index contributed by atoms with van der Waals surface area (Å²) < 4.78 is 1.77. The van der Waals surface area contributed by atoms with Crippen molar-refractivity contribution in [2.45, 2.75) is 0 Å². The van der Waals surface area contributed by atoms with E-state index in [2.05, 4.69) is 10.4 Å². The molecule has 1 heterocycles. The number of hydrogen-bond donors (Lipinski definition) is 3. The molecule has 0 fully saturated rings. The van der Waals surface area contributed by atoms with Crippen molar-refractivity contribution >= 4 is 40.6 Å². The van der Waals surface area contributed by atoms with Crippen LogP contribution in [-0.2, 0) is 0 Å². The zero-order valence-corrected chi connectivity index (χ0v) is 13.2. The maximum absolute atomic E-state index is 11.7. The van der Waals surface area contributed by atoms with E-state index in [-0.39, 0.29) is 11.7 Å². The van der Waals surface area contributed by atoms with E-state index >= 15 is 0 Å². The summed E-state index contributed by atoms with van der Waals surface area (Å²) in [4.78, 5) is 16.1. The number of rotatable bonds is 2. The molecule has 3 aromatic carbocycles. The molecule has 0 bridgehead atoms. The van der Waals surface area contributed by atoms with Gasteiger partial charge in [-0.05, 0) is 28.6 Å². The van der Waals surface area contributed by atoms with E-state index < -0.39 is 0 Å². The number of carbonyl (C=O) groups is 1. The number of carbonyl (C=O) groups excluding carboxylic acids is 1. The summed E-state index contributed by atoms with van der Waals surface area (Å²) in [5.74, 6) is 5.03. The first kappa shape index (κ1) is 15.0. The zero-order valence-electron chi connectivity index (χ0n) is 13.2. The standard InChI is InChI=1S/C19H14N4O2/c20-22-19(25)13-7-8-16-17(9-13)23(11-21-16)10-14-6-5-12-3-1-2-4-15(12)18(14)24/h1-11H,20H2,(H,22,25)/p+1. The van der Waals surface area contributed by atoms with E-state index in [1.54, 1.807) is 35.3 Å². The molecule has 1 aliphatic heterocycles. The minimum Gasteiger partial charge on any atom is -0.507 e. The third-order valence-electron chi connectivity index (χ3n) is 4.18. The summed E-state index contributed by atoms with van der Waals surface area (Å²) in [6, 6.07) is 16.6. The van der Waals surface area contributed by atoms with Gasteiger partial charge in [0.25, 0.3) is 12.2 Å². The van der Waals surface area contributed by atoms with Crippen molar-refractivity contribution < 1.29 is 14.5 Å². The lowest BCUT2D eigenvalue weighted by molar-refractivity contribution is -0.282. The number of fused-ring (bicyclic) bond motifs is 2. The van der Waals surface area contributed by atoms with Gasteiger partial charge in [0.1, 0.15) is 12.0 Å². The fourth-order valence-corrected chi connectivity index (χ4v) is 2.88. The second-order valence-electron chi connectivity index (χ2n) is 5.68. The van der Waals surface area contributed by atoms with E-state index in [4.69, 9.17) is 5.84 Å². The number of hydrogen-bond acceptors (Lipinski definition) is 4. The fraction of sp³-hybridized carbons (Fsp3) is 0. The highest BCUT2D eigenvalue weighted by molar-refractivity contribution is 5.98. The predicted molar refractivity (Wildman–Crippen MR) is 96.9 cm³/mol. The highest BCUT2D eigenvalue weighted by Gasteiger charge is 2.22. The summed E-state index contributed by atoms with van der Waals surface area (Å²) >= 11 is 0. The zero-order chi connectivity index (χ0) is 17.4. The van der Waals surface area contributed by atoms with E-state index in [1.807, 2.05) is 36.4 Å². The van der Waals surface area contributed by atoms with E-state index in [1.165, 1.54) is 0 Å². The van der Waals surface area contributed by atoms with Gasteiger partial charge < -0.3 is 5.11 Å². The van der Waals surface area contributed by atoms with Gasteiger partial charge in [-0.1, -0.05) is 30.3 Å². The molecule has 0 aromatic heterocycles. The number of hydrazine groups is 1. The Kier molecular flexibility index (Phi) is 3.52. The van der Waals surface area contributed by atoms with E-state index in [9.17, 15) is 9.90 Å². The molecule has 0 saturated carbocycles. The van der Waals surface area contributed by atoms with E-state index in [0.717, 1.165) is 22.1 Å². The van der Waals surface area contributed by atoms with Crippen molar-refractivity contribution in [3.8, 4) is 5.75 Å². The number of benzene rings is 3. The third-order valence-corrected chi connectivity index (χ3v) is 4.18. The van der Waals surface area contributed by atoms with Crippen molar-refractivity contribution in [3.05, 3.63) is 65.7 Å². The normalized spacial score (nSPS) is 14.0. The summed E-state index contributed by atoms with van der Waals surface area (Å²) in [6.45, 7) is 0. The number of nitrogens with two attached hydrogens (primary N) is 1. The average molecular weight is 331 g/mol. The molecule has 0 unspecified atom stereocenters. The Labute approximate surface area is 143 Å². The van der Waals surface area contributed by atoms with Gasteiger partial charge in [-0.2, -0.15) is 4.58 Å². The first-order chi connectivity index (χ1) is 12.2. The molecule has 0 radical (unpaired) electrons. The number of nitrogens with one attached hydrogen (secondary N) is 1. The summed E-state index contributed by atoms with van der Waals surface area (Å²) in [6.07, 6.45) is 3.42. The SMILES string of the molecule is NNC(=O)c1ccc2c(c1)[N+](=Cc1ccc3ccccc3c1O)C=N2. The molecule has 4 N–H and O–H groups in total. The second-order valence-corrected chi connectivity index (χ2v) is 5.68. The molecule has 4 rings (SSSR count). The molecular weight excluding hydrogens is 316 g/mol. The molecule has 6 heteroatoms. The highest BCUT2D eigenvalue weighted by atomic mass is 16.3. The lowest BCUT2D eigenvalue weighted by atomic mass is 10.1. The number of phenolic OH excluding ortho intramolecular Hbond substituents is 1. The molecule has 1 aliphatic rings. The lowest BCUT2D eigenvalue weighted by Gasteiger charge is -2.05. The van der Waals surface area contributed by atoms with Gasteiger partial charge in [0.15, 0.2) is 5.69 Å². The summed E-state index contributed by atoms with van der Waals surface area (Å²) in [5, 5.41) is 12.3. The minimum atomic E-state index is -0.372. The Morgan fingerprint density at radius 1 is 1.16 bits per heavy atom. The Hall–Kier alpha value is -3.51. The van der Waals surface area contributed by atoms with E-state index in [0.29, 0.717) is 11.1 Å². The maximum Gasteiger partial charge on any atom is 0.292 e. The lowest BCUT2D eigenvalue weighted by Crippen LogP contribution is -2.29. The highest BCUT2D eigenvalue weighted by Crippen LogP contribution is 2.33. The molecule has 1 amide bonds. The van der Waals surface area contributed by atoms with Crippen LogP contribution in [0.5, 0.6) is 5.75 Å². The van der Waals surface area contributed by atoms with Gasteiger partial charge in [-0.25, -0.2) is 5.84 Å². The quantitative estimate of drug-likeness (QED) is 0.292.